The number of rotatable bonds is 2. The minimum absolute atomic E-state index is 0.0902. The molecule has 0 aliphatic carbocycles. The van der Waals surface area contributed by atoms with Crippen molar-refractivity contribution in [2.75, 3.05) is 0 Å². The average molecular weight is 325 g/mol. The van der Waals surface area contributed by atoms with Crippen LogP contribution in [0.25, 0.3) is 11.3 Å². The number of hydrogen-bond acceptors (Lipinski definition) is 4. The Morgan fingerprint density at radius 1 is 1.37 bits per heavy atom. The van der Waals surface area contributed by atoms with Gasteiger partial charge in [0.25, 0.3) is 0 Å². The van der Waals surface area contributed by atoms with E-state index in [0.29, 0.717) is 17.0 Å². The van der Waals surface area contributed by atoms with Gasteiger partial charge in [0, 0.05) is 27.8 Å². The van der Waals surface area contributed by atoms with Gasteiger partial charge in [-0.3, -0.25) is 4.98 Å². The first-order valence-corrected chi connectivity index (χ1v) is 6.44. The highest BCUT2D eigenvalue weighted by Crippen LogP contribution is 2.33. The zero-order chi connectivity index (χ0) is 14.2. The minimum Gasteiger partial charge on any atom is -0.477 e. The average Bonchev–Trinajstić information content (AvgIpc) is 2.72. The predicted octanol–water partition coefficient (Wildman–Crippen LogP) is 3.49. The summed E-state index contributed by atoms with van der Waals surface area (Å²) in [5, 5.41) is 13.3. The standard InChI is InChI=1S/C13H13BrN2O3/c1-13(2,3)11-9(12(17)18)10(16-19-11)7-4-8(14)6-15-5-7/h4-6H,1-3H3,(H,17,18). The van der Waals surface area contributed by atoms with Crippen molar-refractivity contribution >= 4 is 21.9 Å². The zero-order valence-corrected chi connectivity index (χ0v) is 12.4. The number of carbonyl (C=O) groups is 1. The van der Waals surface area contributed by atoms with Gasteiger partial charge in [0.2, 0.25) is 0 Å². The maximum Gasteiger partial charge on any atom is 0.341 e. The van der Waals surface area contributed by atoms with E-state index in [1.807, 2.05) is 20.8 Å². The van der Waals surface area contributed by atoms with E-state index in [9.17, 15) is 9.90 Å². The van der Waals surface area contributed by atoms with Crippen LogP contribution in [0.5, 0.6) is 0 Å². The van der Waals surface area contributed by atoms with E-state index in [1.165, 1.54) is 0 Å². The third-order valence-corrected chi connectivity index (χ3v) is 3.00. The normalized spacial score (nSPS) is 11.6. The van der Waals surface area contributed by atoms with Gasteiger partial charge >= 0.3 is 5.97 Å². The Labute approximate surface area is 118 Å². The molecule has 0 bridgehead atoms. The summed E-state index contributed by atoms with van der Waals surface area (Å²) in [5.41, 5.74) is 0.558. The Balaban J connectivity index is 2.66. The van der Waals surface area contributed by atoms with E-state index in [-0.39, 0.29) is 5.56 Å². The Kier molecular flexibility index (Phi) is 3.45. The van der Waals surface area contributed by atoms with Crippen LogP contribution in [-0.2, 0) is 5.41 Å². The molecule has 0 aromatic carbocycles. The lowest BCUT2D eigenvalue weighted by molar-refractivity contribution is 0.0693. The molecule has 5 nitrogen and oxygen atoms in total. The molecule has 0 saturated carbocycles. The minimum atomic E-state index is -1.05. The summed E-state index contributed by atoms with van der Waals surface area (Å²) in [6.45, 7) is 5.63. The highest BCUT2D eigenvalue weighted by molar-refractivity contribution is 9.10. The van der Waals surface area contributed by atoms with Gasteiger partial charge in [0.15, 0.2) is 5.76 Å². The first-order valence-electron chi connectivity index (χ1n) is 5.65. The van der Waals surface area contributed by atoms with Crippen molar-refractivity contribution in [3.8, 4) is 11.3 Å². The fraction of sp³-hybridized carbons (Fsp3) is 0.308. The maximum atomic E-state index is 11.5. The molecule has 0 amide bonds. The number of aromatic nitrogens is 2. The van der Waals surface area contributed by atoms with Crippen molar-refractivity contribution in [3.05, 3.63) is 34.3 Å². The van der Waals surface area contributed by atoms with Crippen LogP contribution in [0.4, 0.5) is 0 Å². The van der Waals surface area contributed by atoms with E-state index in [2.05, 4.69) is 26.1 Å². The zero-order valence-electron chi connectivity index (χ0n) is 10.8. The molecule has 0 saturated heterocycles. The number of pyridine rings is 1. The number of carboxylic acid groups (broad SMARTS) is 1. The van der Waals surface area contributed by atoms with Gasteiger partial charge in [-0.15, -0.1) is 0 Å². The smallest absolute Gasteiger partial charge is 0.341 e. The molecule has 2 aromatic heterocycles. The van der Waals surface area contributed by atoms with Crippen LogP contribution < -0.4 is 0 Å². The summed E-state index contributed by atoms with van der Waals surface area (Å²) in [4.78, 5) is 15.5. The number of halogens is 1. The van der Waals surface area contributed by atoms with E-state index in [4.69, 9.17) is 4.52 Å². The monoisotopic (exact) mass is 324 g/mol. The molecular weight excluding hydrogens is 312 g/mol. The van der Waals surface area contributed by atoms with Gasteiger partial charge in [-0.1, -0.05) is 25.9 Å². The second-order valence-corrected chi connectivity index (χ2v) is 6.10. The number of nitrogens with zero attached hydrogens (tertiary/aromatic N) is 2. The summed E-state index contributed by atoms with van der Waals surface area (Å²) in [5.74, 6) is -0.698. The van der Waals surface area contributed by atoms with Crippen molar-refractivity contribution in [3.63, 3.8) is 0 Å². The predicted molar refractivity (Wildman–Crippen MR) is 73.1 cm³/mol. The van der Waals surface area contributed by atoms with Crippen molar-refractivity contribution in [2.45, 2.75) is 26.2 Å². The van der Waals surface area contributed by atoms with Gasteiger partial charge in [0.05, 0.1) is 0 Å². The molecule has 0 spiro atoms. The van der Waals surface area contributed by atoms with Crippen LogP contribution in [0.3, 0.4) is 0 Å². The molecular formula is C13H13BrN2O3. The summed E-state index contributed by atoms with van der Waals surface area (Å²) < 4.78 is 5.99. The van der Waals surface area contributed by atoms with Crippen LogP contribution in [-0.4, -0.2) is 21.2 Å². The van der Waals surface area contributed by atoms with Crippen LogP contribution in [0.2, 0.25) is 0 Å². The summed E-state index contributed by atoms with van der Waals surface area (Å²) in [6.07, 6.45) is 3.18. The molecule has 19 heavy (non-hydrogen) atoms. The molecule has 0 atom stereocenters. The van der Waals surface area contributed by atoms with Gasteiger partial charge in [0.1, 0.15) is 11.3 Å². The van der Waals surface area contributed by atoms with Crippen molar-refractivity contribution in [1.29, 1.82) is 0 Å². The third kappa shape index (κ3) is 2.68. The molecule has 0 aliphatic heterocycles. The summed E-state index contributed by atoms with van der Waals surface area (Å²) in [7, 11) is 0. The van der Waals surface area contributed by atoms with Crippen molar-refractivity contribution < 1.29 is 14.4 Å². The van der Waals surface area contributed by atoms with Crippen LogP contribution in [0.15, 0.2) is 27.5 Å². The highest BCUT2D eigenvalue weighted by atomic mass is 79.9. The second kappa shape index (κ2) is 4.77. The lowest BCUT2D eigenvalue weighted by Gasteiger charge is -2.14. The summed E-state index contributed by atoms with van der Waals surface area (Å²) in [6, 6.07) is 1.75. The molecule has 100 valence electrons. The van der Waals surface area contributed by atoms with Gasteiger partial charge in [-0.25, -0.2) is 4.79 Å². The van der Waals surface area contributed by atoms with E-state index in [0.717, 1.165) is 4.47 Å². The van der Waals surface area contributed by atoms with E-state index >= 15 is 0 Å². The van der Waals surface area contributed by atoms with Crippen LogP contribution >= 0.6 is 15.9 Å². The topological polar surface area (TPSA) is 76.2 Å². The number of aromatic carboxylic acids is 1. The number of carboxylic acids is 1. The molecule has 6 heteroatoms. The van der Waals surface area contributed by atoms with Gasteiger partial charge < -0.3 is 9.63 Å². The van der Waals surface area contributed by atoms with Crippen LogP contribution in [0, 0.1) is 0 Å². The number of hydrogen-bond donors (Lipinski definition) is 1. The highest BCUT2D eigenvalue weighted by Gasteiger charge is 2.31. The fourth-order valence-corrected chi connectivity index (χ4v) is 2.10. The largest absolute Gasteiger partial charge is 0.477 e. The Morgan fingerprint density at radius 2 is 2.05 bits per heavy atom. The SMILES string of the molecule is CC(C)(C)c1onc(-c2cncc(Br)c2)c1C(=O)O. The second-order valence-electron chi connectivity index (χ2n) is 5.18. The van der Waals surface area contributed by atoms with Crippen molar-refractivity contribution in [2.24, 2.45) is 0 Å². The quantitative estimate of drug-likeness (QED) is 0.914. The lowest BCUT2D eigenvalue weighted by atomic mass is 9.89. The maximum absolute atomic E-state index is 11.5. The molecule has 2 rings (SSSR count). The Hall–Kier alpha value is -1.69. The molecule has 0 unspecified atom stereocenters. The van der Waals surface area contributed by atoms with E-state index in [1.54, 1.807) is 18.5 Å². The van der Waals surface area contributed by atoms with Crippen molar-refractivity contribution in [1.82, 2.24) is 10.1 Å². The Morgan fingerprint density at radius 3 is 2.58 bits per heavy atom. The summed E-state index contributed by atoms with van der Waals surface area (Å²) >= 11 is 3.30. The van der Waals surface area contributed by atoms with Gasteiger partial charge in [-0.05, 0) is 22.0 Å². The molecule has 2 heterocycles. The Bertz CT molecular complexity index is 629. The molecule has 0 radical (unpaired) electrons. The molecule has 0 fully saturated rings. The van der Waals surface area contributed by atoms with E-state index < -0.39 is 11.4 Å². The first-order chi connectivity index (χ1) is 8.80. The van der Waals surface area contributed by atoms with Crippen LogP contribution in [0.1, 0.15) is 36.9 Å². The third-order valence-electron chi connectivity index (χ3n) is 2.57. The first kappa shape index (κ1) is 13.7. The molecule has 1 N–H and O–H groups in total. The van der Waals surface area contributed by atoms with Gasteiger partial charge in [-0.2, -0.15) is 0 Å². The fourth-order valence-electron chi connectivity index (χ4n) is 1.74. The molecule has 2 aromatic rings. The lowest BCUT2D eigenvalue weighted by Crippen LogP contribution is -2.15. The molecule has 0 aliphatic rings.